The molecule has 0 saturated carbocycles. The van der Waals surface area contributed by atoms with E-state index >= 15 is 4.39 Å². The van der Waals surface area contributed by atoms with E-state index in [1.807, 2.05) is 6.92 Å². The van der Waals surface area contributed by atoms with Crippen molar-refractivity contribution in [3.05, 3.63) is 53.7 Å². The first kappa shape index (κ1) is 22.0. The lowest BCUT2D eigenvalue weighted by Gasteiger charge is -2.32. The highest BCUT2D eigenvalue weighted by Gasteiger charge is 2.30. The standard InChI is InChI=1S/C22H26FN9O2/c1-22(28-17-11-26-30(14-17)7-8-33)25-9-16-10-27-32(21(16)29-22)13-15-3-2-4-18(20(15)23)31-6-5-24-12-19(31)34/h2-4,9-11,14,24,28-29,33H,5-8,12-13H2,1H3. The Balaban J connectivity index is 1.36. The molecule has 1 unspecified atom stereocenters. The van der Waals surface area contributed by atoms with Crippen LogP contribution in [-0.4, -0.2) is 68.8 Å². The Morgan fingerprint density at radius 2 is 2.18 bits per heavy atom. The molecule has 0 radical (unpaired) electrons. The van der Waals surface area contributed by atoms with Gasteiger partial charge in [-0.05, 0) is 13.0 Å². The maximum atomic E-state index is 15.4. The van der Waals surface area contributed by atoms with Crippen LogP contribution in [0.15, 0.2) is 41.8 Å². The van der Waals surface area contributed by atoms with Gasteiger partial charge in [-0.2, -0.15) is 10.2 Å². The average Bonchev–Trinajstić information content (AvgIpc) is 3.42. The number of hydrogen-bond acceptors (Lipinski definition) is 8. The molecule has 1 atom stereocenters. The minimum Gasteiger partial charge on any atom is -0.394 e. The van der Waals surface area contributed by atoms with Gasteiger partial charge in [0.15, 0.2) is 5.82 Å². The molecule has 12 heteroatoms. The molecule has 11 nitrogen and oxygen atoms in total. The fraction of sp³-hybridized carbons (Fsp3) is 0.364. The van der Waals surface area contributed by atoms with Gasteiger partial charge in [0.1, 0.15) is 5.82 Å². The third-order valence-corrected chi connectivity index (χ3v) is 5.80. The van der Waals surface area contributed by atoms with Crippen LogP contribution in [0.2, 0.25) is 0 Å². The number of piperazine rings is 1. The molecule has 178 valence electrons. The Morgan fingerprint density at radius 3 is 3.00 bits per heavy atom. The van der Waals surface area contributed by atoms with E-state index in [2.05, 4.69) is 31.1 Å². The van der Waals surface area contributed by atoms with Crippen molar-refractivity contribution in [2.75, 3.05) is 41.8 Å². The Morgan fingerprint density at radius 1 is 1.29 bits per heavy atom. The summed E-state index contributed by atoms with van der Waals surface area (Å²) in [6.45, 7) is 3.69. The number of aliphatic imine (C=N–C) groups is 1. The van der Waals surface area contributed by atoms with Crippen molar-refractivity contribution in [2.45, 2.75) is 25.8 Å². The van der Waals surface area contributed by atoms with E-state index in [0.29, 0.717) is 31.0 Å². The highest BCUT2D eigenvalue weighted by molar-refractivity contribution is 5.95. The van der Waals surface area contributed by atoms with Crippen LogP contribution in [0, 0.1) is 5.82 Å². The van der Waals surface area contributed by atoms with E-state index in [1.54, 1.807) is 52.4 Å². The van der Waals surface area contributed by atoms with Gasteiger partial charge in [0.05, 0.1) is 55.6 Å². The molecule has 2 aromatic heterocycles. The number of amides is 1. The smallest absolute Gasteiger partial charge is 0.241 e. The number of hydrogen-bond donors (Lipinski definition) is 4. The number of carbonyl (C=O) groups excluding carboxylic acids is 1. The van der Waals surface area contributed by atoms with Crippen molar-refractivity contribution in [3.63, 3.8) is 0 Å². The van der Waals surface area contributed by atoms with Crippen LogP contribution in [0.4, 0.5) is 21.6 Å². The largest absolute Gasteiger partial charge is 0.394 e. The molecule has 4 N–H and O–H groups in total. The lowest BCUT2D eigenvalue weighted by Crippen LogP contribution is -2.48. The van der Waals surface area contributed by atoms with Crippen LogP contribution in [0.25, 0.3) is 0 Å². The molecule has 1 saturated heterocycles. The minimum atomic E-state index is -0.883. The van der Waals surface area contributed by atoms with Crippen molar-refractivity contribution < 1.29 is 14.3 Å². The summed E-state index contributed by atoms with van der Waals surface area (Å²) in [5, 5.41) is 27.3. The molecule has 2 aliphatic heterocycles. The number of nitrogens with one attached hydrogen (secondary N) is 3. The van der Waals surface area contributed by atoms with E-state index in [4.69, 9.17) is 5.11 Å². The molecule has 2 aliphatic rings. The molecule has 34 heavy (non-hydrogen) atoms. The van der Waals surface area contributed by atoms with Crippen molar-refractivity contribution in [1.29, 1.82) is 0 Å². The predicted octanol–water partition coefficient (Wildman–Crippen LogP) is 0.826. The fourth-order valence-corrected chi connectivity index (χ4v) is 4.13. The maximum Gasteiger partial charge on any atom is 0.241 e. The molecule has 1 fully saturated rings. The van der Waals surface area contributed by atoms with E-state index in [1.165, 1.54) is 4.90 Å². The van der Waals surface area contributed by atoms with Crippen LogP contribution in [0.5, 0.6) is 0 Å². The highest BCUT2D eigenvalue weighted by Crippen LogP contribution is 2.29. The van der Waals surface area contributed by atoms with Gasteiger partial charge in [-0.25, -0.2) is 14.1 Å². The van der Waals surface area contributed by atoms with Crippen molar-refractivity contribution >= 4 is 29.3 Å². The zero-order chi connectivity index (χ0) is 23.7. The van der Waals surface area contributed by atoms with Gasteiger partial charge < -0.3 is 26.0 Å². The Kier molecular flexibility index (Phi) is 5.75. The number of aliphatic hydroxyl groups excluding tert-OH is 1. The lowest BCUT2D eigenvalue weighted by molar-refractivity contribution is -0.118. The molecule has 1 aromatic carbocycles. The molecule has 0 aliphatic carbocycles. The van der Waals surface area contributed by atoms with Gasteiger partial charge >= 0.3 is 0 Å². The van der Waals surface area contributed by atoms with Gasteiger partial charge in [-0.1, -0.05) is 12.1 Å². The zero-order valence-electron chi connectivity index (χ0n) is 18.7. The Bertz CT molecular complexity index is 1240. The summed E-state index contributed by atoms with van der Waals surface area (Å²) in [6, 6.07) is 5.08. The van der Waals surface area contributed by atoms with Crippen LogP contribution in [0.1, 0.15) is 18.1 Å². The summed E-state index contributed by atoms with van der Waals surface area (Å²) in [7, 11) is 0. The summed E-state index contributed by atoms with van der Waals surface area (Å²) in [6.07, 6.45) is 6.83. The van der Waals surface area contributed by atoms with Crippen LogP contribution < -0.4 is 20.9 Å². The van der Waals surface area contributed by atoms with Crippen LogP contribution in [0.3, 0.4) is 0 Å². The number of halogens is 1. The number of nitrogens with zero attached hydrogens (tertiary/aromatic N) is 6. The first-order valence-corrected chi connectivity index (χ1v) is 11.0. The first-order chi connectivity index (χ1) is 16.5. The van der Waals surface area contributed by atoms with E-state index < -0.39 is 11.6 Å². The normalized spacial score (nSPS) is 19.7. The molecule has 3 aromatic rings. The van der Waals surface area contributed by atoms with Gasteiger partial charge in [0.25, 0.3) is 0 Å². The van der Waals surface area contributed by atoms with Crippen molar-refractivity contribution in [3.8, 4) is 0 Å². The number of benzene rings is 1. The summed E-state index contributed by atoms with van der Waals surface area (Å²) in [5.41, 5.74) is 2.23. The first-order valence-electron chi connectivity index (χ1n) is 11.0. The second-order valence-corrected chi connectivity index (χ2v) is 8.37. The van der Waals surface area contributed by atoms with E-state index in [0.717, 1.165) is 11.3 Å². The monoisotopic (exact) mass is 467 g/mol. The molecule has 1 amide bonds. The fourth-order valence-electron chi connectivity index (χ4n) is 4.13. The topological polar surface area (TPSA) is 125 Å². The van der Waals surface area contributed by atoms with E-state index in [-0.39, 0.29) is 31.3 Å². The molecule has 0 bridgehead atoms. The zero-order valence-corrected chi connectivity index (χ0v) is 18.7. The second kappa shape index (κ2) is 8.88. The lowest BCUT2D eigenvalue weighted by atomic mass is 10.1. The highest BCUT2D eigenvalue weighted by atomic mass is 19.1. The Labute approximate surface area is 195 Å². The van der Waals surface area contributed by atoms with E-state index in [9.17, 15) is 4.79 Å². The number of fused-ring (bicyclic) bond motifs is 1. The quantitative estimate of drug-likeness (QED) is 0.406. The molecule has 5 rings (SSSR count). The number of anilines is 3. The molecular weight excluding hydrogens is 441 g/mol. The number of aliphatic hydroxyl groups is 1. The third kappa shape index (κ3) is 4.24. The van der Waals surface area contributed by atoms with Crippen LogP contribution in [-0.2, 0) is 17.9 Å². The van der Waals surface area contributed by atoms with Crippen molar-refractivity contribution in [1.82, 2.24) is 24.9 Å². The second-order valence-electron chi connectivity index (χ2n) is 8.37. The third-order valence-electron chi connectivity index (χ3n) is 5.80. The summed E-state index contributed by atoms with van der Waals surface area (Å²) in [4.78, 5) is 18.3. The van der Waals surface area contributed by atoms with Gasteiger partial charge in [-0.3, -0.25) is 9.48 Å². The number of rotatable bonds is 7. The van der Waals surface area contributed by atoms with Gasteiger partial charge in [0, 0.05) is 31.1 Å². The van der Waals surface area contributed by atoms with Crippen molar-refractivity contribution in [2.24, 2.45) is 4.99 Å². The van der Waals surface area contributed by atoms with Gasteiger partial charge in [-0.15, -0.1) is 0 Å². The number of aromatic nitrogens is 4. The SMILES string of the molecule is CC1(Nc2cnn(CCO)c2)N=Cc2cnn(Cc3cccc(N4CCNCC4=O)c3F)c2N1. The molecule has 0 spiro atoms. The molecular formula is C22H26FN9O2. The Hall–Kier alpha value is -3.77. The predicted molar refractivity (Wildman–Crippen MR) is 126 cm³/mol. The summed E-state index contributed by atoms with van der Waals surface area (Å²) >= 11 is 0. The summed E-state index contributed by atoms with van der Waals surface area (Å²) < 4.78 is 18.7. The van der Waals surface area contributed by atoms with Gasteiger partial charge in [0.2, 0.25) is 11.7 Å². The average molecular weight is 468 g/mol. The minimum absolute atomic E-state index is 0.00208. The number of carbonyl (C=O) groups is 1. The maximum absolute atomic E-state index is 15.4. The van der Waals surface area contributed by atoms with Crippen LogP contribution >= 0.6 is 0 Å². The molecule has 4 heterocycles. The summed E-state index contributed by atoms with van der Waals surface area (Å²) in [5.74, 6) is -0.772.